The van der Waals surface area contributed by atoms with Crippen LogP contribution in [0.2, 0.25) is 0 Å². The number of carbonyl (C=O) groups is 1. The van der Waals surface area contributed by atoms with E-state index in [1.54, 1.807) is 6.20 Å². The molecule has 2 aliphatic rings. The second-order valence-corrected chi connectivity index (χ2v) is 9.83. The number of likely N-dealkylation sites (N-methyl/N-ethyl adjacent to an activating group) is 1. The zero-order chi connectivity index (χ0) is 25.1. The number of hydrogen-bond acceptors (Lipinski definition) is 6. The molecule has 188 valence electrons. The maximum absolute atomic E-state index is 13.6. The first kappa shape index (κ1) is 24.3. The van der Waals surface area contributed by atoms with Gasteiger partial charge in [0.2, 0.25) is 5.95 Å². The van der Waals surface area contributed by atoms with Crippen molar-refractivity contribution < 1.29 is 4.79 Å². The van der Waals surface area contributed by atoms with Crippen molar-refractivity contribution in [1.29, 1.82) is 0 Å². The Kier molecular flexibility index (Phi) is 7.18. The molecule has 1 atom stereocenters. The molecular weight excluding hydrogens is 448 g/mol. The zero-order valence-electron chi connectivity index (χ0n) is 21.5. The summed E-state index contributed by atoms with van der Waals surface area (Å²) in [4.78, 5) is 29.1. The van der Waals surface area contributed by atoms with E-state index >= 15 is 0 Å². The van der Waals surface area contributed by atoms with Crippen molar-refractivity contribution in [3.8, 4) is 0 Å². The van der Waals surface area contributed by atoms with Gasteiger partial charge in [-0.25, -0.2) is 4.98 Å². The summed E-state index contributed by atoms with van der Waals surface area (Å²) < 4.78 is 0. The van der Waals surface area contributed by atoms with Crippen LogP contribution in [0.1, 0.15) is 60.1 Å². The van der Waals surface area contributed by atoms with E-state index in [1.807, 2.05) is 29.8 Å². The van der Waals surface area contributed by atoms with Gasteiger partial charge >= 0.3 is 0 Å². The SMILES string of the molecule is CCNc1ncc2c(n1)N(C)CCN(c1cccc(C3CCN(C(C)c4ccccc4)CC3)c1)C2=O. The molecule has 1 unspecified atom stereocenters. The molecule has 0 bridgehead atoms. The number of fused-ring (bicyclic) bond motifs is 1. The molecule has 1 N–H and O–H groups in total. The van der Waals surface area contributed by atoms with E-state index < -0.39 is 0 Å². The number of hydrogen-bond donors (Lipinski definition) is 1. The maximum atomic E-state index is 13.6. The molecule has 1 amide bonds. The molecule has 1 saturated heterocycles. The summed E-state index contributed by atoms with van der Waals surface area (Å²) in [5, 5.41) is 3.14. The highest BCUT2D eigenvalue weighted by atomic mass is 16.2. The van der Waals surface area contributed by atoms with Gasteiger partial charge in [0.1, 0.15) is 11.4 Å². The van der Waals surface area contributed by atoms with Crippen molar-refractivity contribution in [2.75, 3.05) is 54.9 Å². The second kappa shape index (κ2) is 10.7. The fourth-order valence-corrected chi connectivity index (χ4v) is 5.42. The topological polar surface area (TPSA) is 64.6 Å². The van der Waals surface area contributed by atoms with Crippen LogP contribution in [-0.4, -0.2) is 60.5 Å². The lowest BCUT2D eigenvalue weighted by molar-refractivity contribution is 0.0989. The summed E-state index contributed by atoms with van der Waals surface area (Å²) in [5.41, 5.74) is 4.20. The number of benzene rings is 2. The number of aromatic nitrogens is 2. The fourth-order valence-electron chi connectivity index (χ4n) is 5.42. The molecule has 1 aromatic heterocycles. The Morgan fingerprint density at radius 3 is 2.56 bits per heavy atom. The van der Waals surface area contributed by atoms with Gasteiger partial charge in [-0.1, -0.05) is 42.5 Å². The maximum Gasteiger partial charge on any atom is 0.263 e. The smallest absolute Gasteiger partial charge is 0.263 e. The Balaban J connectivity index is 1.31. The number of anilines is 3. The molecule has 36 heavy (non-hydrogen) atoms. The Hall–Kier alpha value is -3.45. The first-order valence-corrected chi connectivity index (χ1v) is 13.1. The summed E-state index contributed by atoms with van der Waals surface area (Å²) in [6.07, 6.45) is 3.91. The third-order valence-electron chi connectivity index (χ3n) is 7.61. The van der Waals surface area contributed by atoms with Gasteiger partial charge in [-0.2, -0.15) is 4.98 Å². The van der Waals surface area contributed by atoms with Gasteiger partial charge in [-0.3, -0.25) is 9.69 Å². The van der Waals surface area contributed by atoms with E-state index in [-0.39, 0.29) is 5.91 Å². The highest BCUT2D eigenvalue weighted by Gasteiger charge is 2.29. The number of carbonyl (C=O) groups excluding carboxylic acids is 1. The summed E-state index contributed by atoms with van der Waals surface area (Å²) in [6, 6.07) is 19.8. The quantitative estimate of drug-likeness (QED) is 0.534. The van der Waals surface area contributed by atoms with Crippen molar-refractivity contribution in [1.82, 2.24) is 14.9 Å². The average Bonchev–Trinajstić information content (AvgIpc) is 3.05. The Morgan fingerprint density at radius 2 is 1.81 bits per heavy atom. The lowest BCUT2D eigenvalue weighted by Gasteiger charge is -2.36. The number of amides is 1. The number of nitrogens with one attached hydrogen (secondary N) is 1. The van der Waals surface area contributed by atoms with Gasteiger partial charge in [-0.15, -0.1) is 0 Å². The third kappa shape index (κ3) is 4.93. The third-order valence-corrected chi connectivity index (χ3v) is 7.61. The van der Waals surface area contributed by atoms with E-state index in [4.69, 9.17) is 0 Å². The molecule has 0 saturated carbocycles. The molecule has 7 heteroatoms. The van der Waals surface area contributed by atoms with Crippen molar-refractivity contribution in [3.63, 3.8) is 0 Å². The summed E-state index contributed by atoms with van der Waals surface area (Å²) in [7, 11) is 1.99. The molecule has 3 aromatic rings. The predicted molar refractivity (Wildman–Crippen MR) is 146 cm³/mol. The molecule has 7 nitrogen and oxygen atoms in total. The van der Waals surface area contributed by atoms with Crippen LogP contribution >= 0.6 is 0 Å². The van der Waals surface area contributed by atoms with Crippen molar-refractivity contribution >= 4 is 23.4 Å². The normalized spacial score (nSPS) is 18.0. The molecule has 0 radical (unpaired) electrons. The molecule has 2 aliphatic heterocycles. The highest BCUT2D eigenvalue weighted by Crippen LogP contribution is 2.34. The molecule has 5 rings (SSSR count). The van der Waals surface area contributed by atoms with Crippen LogP contribution in [-0.2, 0) is 0 Å². The fraction of sp³-hybridized carbons (Fsp3) is 0.414. The molecule has 3 heterocycles. The van der Waals surface area contributed by atoms with Crippen LogP contribution in [0.4, 0.5) is 17.5 Å². The minimum absolute atomic E-state index is 0.0407. The summed E-state index contributed by atoms with van der Waals surface area (Å²) >= 11 is 0. The summed E-state index contributed by atoms with van der Waals surface area (Å²) in [6.45, 7) is 8.53. The molecular formula is C29H36N6O. The van der Waals surface area contributed by atoms with Gasteiger partial charge in [0.05, 0.1) is 0 Å². The van der Waals surface area contributed by atoms with Gasteiger partial charge in [0.25, 0.3) is 5.91 Å². The van der Waals surface area contributed by atoms with Crippen molar-refractivity contribution in [2.24, 2.45) is 0 Å². The molecule has 0 spiro atoms. The van der Waals surface area contributed by atoms with Gasteiger partial charge in [0, 0.05) is 44.6 Å². The number of likely N-dealkylation sites (tertiary alicyclic amines) is 1. The predicted octanol–water partition coefficient (Wildman–Crippen LogP) is 4.95. The minimum atomic E-state index is -0.0407. The monoisotopic (exact) mass is 484 g/mol. The Bertz CT molecular complexity index is 1190. The van der Waals surface area contributed by atoms with Crippen LogP contribution in [0.25, 0.3) is 0 Å². The zero-order valence-corrected chi connectivity index (χ0v) is 21.5. The minimum Gasteiger partial charge on any atom is -0.357 e. The van der Waals surface area contributed by atoms with Gasteiger partial charge in [-0.05, 0) is 69.0 Å². The number of rotatable bonds is 6. The van der Waals surface area contributed by atoms with E-state index in [1.165, 1.54) is 11.1 Å². The van der Waals surface area contributed by atoms with E-state index in [2.05, 4.69) is 75.6 Å². The highest BCUT2D eigenvalue weighted by molar-refractivity contribution is 6.09. The van der Waals surface area contributed by atoms with E-state index in [9.17, 15) is 4.79 Å². The molecule has 0 aliphatic carbocycles. The van der Waals surface area contributed by atoms with Crippen LogP contribution in [0.5, 0.6) is 0 Å². The first-order chi connectivity index (χ1) is 17.5. The standard InChI is InChI=1S/C29H36N6O/c1-4-30-29-31-20-26-27(32-29)33(3)17-18-35(28(26)36)25-12-8-11-24(19-25)23-13-15-34(16-14-23)21(2)22-9-6-5-7-10-22/h5-12,19-21,23H,4,13-18H2,1-3H3,(H,30,31,32). The number of piperidine rings is 1. The first-order valence-electron chi connectivity index (χ1n) is 13.1. The van der Waals surface area contributed by atoms with E-state index in [0.29, 0.717) is 42.4 Å². The Labute approximate surface area is 214 Å². The van der Waals surface area contributed by atoms with E-state index in [0.717, 1.165) is 38.2 Å². The molecule has 1 fully saturated rings. The van der Waals surface area contributed by atoms with Crippen LogP contribution < -0.4 is 15.1 Å². The van der Waals surface area contributed by atoms with Crippen LogP contribution in [0, 0.1) is 0 Å². The van der Waals surface area contributed by atoms with Crippen molar-refractivity contribution in [3.05, 3.63) is 77.5 Å². The number of nitrogens with zero attached hydrogens (tertiary/aromatic N) is 5. The van der Waals surface area contributed by atoms with Crippen LogP contribution in [0.3, 0.4) is 0 Å². The summed E-state index contributed by atoms with van der Waals surface area (Å²) in [5.74, 6) is 1.71. The van der Waals surface area contributed by atoms with Crippen molar-refractivity contribution in [2.45, 2.75) is 38.6 Å². The van der Waals surface area contributed by atoms with Gasteiger partial charge in [0.15, 0.2) is 0 Å². The van der Waals surface area contributed by atoms with Gasteiger partial charge < -0.3 is 15.1 Å². The Morgan fingerprint density at radius 1 is 1.03 bits per heavy atom. The second-order valence-electron chi connectivity index (χ2n) is 9.83. The average molecular weight is 485 g/mol. The largest absolute Gasteiger partial charge is 0.357 e. The lowest BCUT2D eigenvalue weighted by atomic mass is 9.88. The lowest BCUT2D eigenvalue weighted by Crippen LogP contribution is -2.35. The van der Waals surface area contributed by atoms with Crippen LogP contribution in [0.15, 0.2) is 60.8 Å². The molecule has 2 aromatic carbocycles.